The number of ketones is 1. The number of benzene rings is 1. The van der Waals surface area contributed by atoms with Crippen molar-refractivity contribution in [1.82, 2.24) is 4.90 Å². The monoisotopic (exact) mass is 433 g/mol. The first-order valence-electron chi connectivity index (χ1n) is 11.0. The van der Waals surface area contributed by atoms with Crippen molar-refractivity contribution in [3.05, 3.63) is 23.3 Å². The molecular formula is C23H31NO5S. The van der Waals surface area contributed by atoms with Gasteiger partial charge in [0.05, 0.1) is 18.8 Å². The molecule has 6 nitrogen and oxygen atoms in total. The maximum absolute atomic E-state index is 13.9. The summed E-state index contributed by atoms with van der Waals surface area (Å²) >= 11 is 0. The number of rotatable bonds is 5. The van der Waals surface area contributed by atoms with Gasteiger partial charge in [0.15, 0.2) is 11.5 Å². The van der Waals surface area contributed by atoms with E-state index in [1.807, 2.05) is 6.07 Å². The summed E-state index contributed by atoms with van der Waals surface area (Å²) in [7, 11) is -2.22. The summed E-state index contributed by atoms with van der Waals surface area (Å²) in [6.45, 7) is 8.57. The Bertz CT molecular complexity index is 1050. The molecule has 5 rings (SSSR count). The van der Waals surface area contributed by atoms with Crippen molar-refractivity contribution >= 4 is 15.9 Å². The highest BCUT2D eigenvalue weighted by atomic mass is 32.2. The van der Waals surface area contributed by atoms with E-state index >= 15 is 0 Å². The fourth-order valence-corrected chi connectivity index (χ4v) is 8.65. The zero-order chi connectivity index (χ0) is 21.7. The smallest absolute Gasteiger partial charge is 0.306 e. The molecule has 0 amide bonds. The van der Waals surface area contributed by atoms with Gasteiger partial charge < -0.3 is 8.92 Å². The Morgan fingerprint density at radius 2 is 2.00 bits per heavy atom. The van der Waals surface area contributed by atoms with E-state index in [4.69, 9.17) is 8.92 Å². The summed E-state index contributed by atoms with van der Waals surface area (Å²) in [6, 6.07) is 3.80. The third kappa shape index (κ3) is 2.04. The molecule has 4 aliphatic rings. The number of likely N-dealkylation sites (tertiary alicyclic amines) is 1. The summed E-state index contributed by atoms with van der Waals surface area (Å²) in [5.41, 5.74) is 1.04. The molecule has 2 saturated carbocycles. The average Bonchev–Trinajstić information content (AvgIpc) is 3.10. The molecule has 0 radical (unpaired) electrons. The number of piperidine rings is 1. The van der Waals surface area contributed by atoms with E-state index in [0.29, 0.717) is 18.0 Å². The number of carbonyl (C=O) groups excluding carboxylic acids is 1. The molecule has 1 aliphatic heterocycles. The van der Waals surface area contributed by atoms with Gasteiger partial charge in [0.25, 0.3) is 0 Å². The number of hydrogen-bond donors (Lipinski definition) is 0. The highest BCUT2D eigenvalue weighted by Gasteiger charge is 2.81. The van der Waals surface area contributed by atoms with Crippen LogP contribution in [0.3, 0.4) is 0 Å². The Labute approximate surface area is 179 Å². The quantitative estimate of drug-likeness (QED) is 0.664. The topological polar surface area (TPSA) is 72.9 Å². The van der Waals surface area contributed by atoms with E-state index in [1.165, 1.54) is 7.11 Å². The normalized spacial score (nSPS) is 39.2. The largest absolute Gasteiger partial charge is 0.493 e. The second-order valence-electron chi connectivity index (χ2n) is 9.86. The van der Waals surface area contributed by atoms with Gasteiger partial charge in [0.2, 0.25) is 0 Å². The number of hydrogen-bond acceptors (Lipinski definition) is 6. The molecule has 3 aliphatic carbocycles. The molecular weight excluding hydrogens is 402 g/mol. The average molecular weight is 434 g/mol. The van der Waals surface area contributed by atoms with Gasteiger partial charge in [0, 0.05) is 30.0 Å². The van der Waals surface area contributed by atoms with E-state index in [2.05, 4.69) is 25.7 Å². The van der Waals surface area contributed by atoms with Crippen molar-refractivity contribution in [1.29, 1.82) is 0 Å². The van der Waals surface area contributed by atoms with Crippen molar-refractivity contribution in [2.24, 2.45) is 11.3 Å². The van der Waals surface area contributed by atoms with Crippen LogP contribution in [0.25, 0.3) is 0 Å². The fraction of sp³-hybridized carbons (Fsp3) is 0.696. The van der Waals surface area contributed by atoms with Crippen LogP contribution in [0, 0.1) is 11.3 Å². The Morgan fingerprint density at radius 1 is 1.27 bits per heavy atom. The molecule has 1 aromatic rings. The second-order valence-corrected chi connectivity index (χ2v) is 11.4. The number of likely N-dealkylation sites (N-methyl/N-ethyl adjacent to an activating group) is 1. The molecule has 0 unspecified atom stereocenters. The van der Waals surface area contributed by atoms with Gasteiger partial charge in [-0.05, 0) is 48.8 Å². The molecule has 1 heterocycles. The number of carbonyl (C=O) groups is 1. The van der Waals surface area contributed by atoms with Gasteiger partial charge in [-0.1, -0.05) is 26.8 Å². The summed E-state index contributed by atoms with van der Waals surface area (Å²) in [6.07, 6.45) is 4.32. The first-order chi connectivity index (χ1) is 14.1. The van der Waals surface area contributed by atoms with Crippen LogP contribution in [-0.4, -0.2) is 51.1 Å². The van der Waals surface area contributed by atoms with Crippen molar-refractivity contribution < 1.29 is 22.1 Å². The molecule has 5 atom stereocenters. The zero-order valence-corrected chi connectivity index (χ0v) is 19.3. The minimum Gasteiger partial charge on any atom is -0.493 e. The Hall–Kier alpha value is -1.60. The van der Waals surface area contributed by atoms with E-state index in [0.717, 1.165) is 49.7 Å². The Balaban J connectivity index is 1.87. The fourth-order valence-electron chi connectivity index (χ4n) is 8.17. The lowest BCUT2D eigenvalue weighted by Crippen LogP contribution is -2.72. The SMILES string of the molecule is CCN1C[C@]2(C)CCC(=O)[C@@]34c5ccc(OC)c(OS(C)(=O)=O)c5[C@@H](C[C@H]23)[C@@]14CC. The summed E-state index contributed by atoms with van der Waals surface area (Å²) < 4.78 is 35.3. The third-order valence-electron chi connectivity index (χ3n) is 8.88. The van der Waals surface area contributed by atoms with Gasteiger partial charge in [-0.25, -0.2) is 0 Å². The lowest BCUT2D eigenvalue weighted by atomic mass is 9.47. The summed E-state index contributed by atoms with van der Waals surface area (Å²) in [5, 5.41) is 0. The lowest BCUT2D eigenvalue weighted by Gasteiger charge is -2.63. The molecule has 7 heteroatoms. The van der Waals surface area contributed by atoms with Crippen LogP contribution in [0.1, 0.15) is 63.5 Å². The van der Waals surface area contributed by atoms with Crippen molar-refractivity contribution in [2.45, 2.75) is 63.3 Å². The first-order valence-corrected chi connectivity index (χ1v) is 12.8. The maximum atomic E-state index is 13.9. The van der Waals surface area contributed by atoms with Crippen LogP contribution in [-0.2, 0) is 20.3 Å². The first kappa shape index (κ1) is 20.3. The predicted octanol–water partition coefficient (Wildman–Crippen LogP) is 3.24. The number of methoxy groups -OCH3 is 1. The zero-order valence-electron chi connectivity index (χ0n) is 18.4. The highest BCUT2D eigenvalue weighted by molar-refractivity contribution is 7.86. The number of fused-ring (bicyclic) bond motifs is 2. The van der Waals surface area contributed by atoms with Crippen LogP contribution < -0.4 is 8.92 Å². The maximum Gasteiger partial charge on any atom is 0.306 e. The van der Waals surface area contributed by atoms with Crippen LogP contribution in [0.2, 0.25) is 0 Å². The molecule has 0 aromatic heterocycles. The van der Waals surface area contributed by atoms with Gasteiger partial charge in [-0.3, -0.25) is 9.69 Å². The Kier molecular flexibility index (Phi) is 4.06. The Morgan fingerprint density at radius 3 is 2.60 bits per heavy atom. The minimum absolute atomic E-state index is 0.0539. The molecule has 0 N–H and O–H groups in total. The minimum atomic E-state index is -3.74. The predicted molar refractivity (Wildman–Crippen MR) is 114 cm³/mol. The molecule has 1 spiro atoms. The van der Waals surface area contributed by atoms with Gasteiger partial charge in [0.1, 0.15) is 5.78 Å². The molecule has 1 aromatic carbocycles. The number of ether oxygens (including phenoxy) is 1. The number of Topliss-reactive ketones (excluding diaryl/α,β-unsaturated/α-hetero) is 1. The van der Waals surface area contributed by atoms with Crippen LogP contribution in [0.15, 0.2) is 12.1 Å². The van der Waals surface area contributed by atoms with Crippen LogP contribution >= 0.6 is 0 Å². The molecule has 5 bridgehead atoms. The summed E-state index contributed by atoms with van der Waals surface area (Å²) in [4.78, 5) is 16.4. The van der Waals surface area contributed by atoms with Gasteiger partial charge in [-0.2, -0.15) is 8.42 Å². The van der Waals surface area contributed by atoms with E-state index in [-0.39, 0.29) is 28.5 Å². The lowest BCUT2D eigenvalue weighted by molar-refractivity contribution is -0.157. The summed E-state index contributed by atoms with van der Waals surface area (Å²) in [5.74, 6) is 1.36. The molecule has 30 heavy (non-hydrogen) atoms. The van der Waals surface area contributed by atoms with E-state index < -0.39 is 15.5 Å². The van der Waals surface area contributed by atoms with E-state index in [9.17, 15) is 13.2 Å². The van der Waals surface area contributed by atoms with Gasteiger partial charge in [-0.15, -0.1) is 0 Å². The van der Waals surface area contributed by atoms with E-state index in [1.54, 1.807) is 6.07 Å². The van der Waals surface area contributed by atoms with Crippen molar-refractivity contribution in [2.75, 3.05) is 26.5 Å². The van der Waals surface area contributed by atoms with Crippen molar-refractivity contribution in [3.63, 3.8) is 0 Å². The van der Waals surface area contributed by atoms with Crippen LogP contribution in [0.5, 0.6) is 11.5 Å². The third-order valence-corrected chi connectivity index (χ3v) is 9.35. The van der Waals surface area contributed by atoms with Crippen molar-refractivity contribution in [3.8, 4) is 11.5 Å². The van der Waals surface area contributed by atoms with Crippen LogP contribution in [0.4, 0.5) is 0 Å². The molecule has 3 fully saturated rings. The second kappa shape index (κ2) is 6.00. The van der Waals surface area contributed by atoms with Gasteiger partial charge >= 0.3 is 10.1 Å². The highest BCUT2D eigenvalue weighted by Crippen LogP contribution is 2.78. The molecule has 164 valence electrons. The standard InChI is InChI=1S/C23H31NO5S/c1-6-22-15-12-17-21(3,13-24(22)7-2)11-10-18(25)23(17,22)14-8-9-16(28-4)20(19(14)15)29-30(5,26)27/h8-9,15,17H,6-7,10-13H2,1-5H3/t15-,17-,21+,22-,23-/m1/s1. The molecule has 1 saturated heterocycles. The number of nitrogens with zero attached hydrogens (tertiary/aromatic N) is 1.